The highest BCUT2D eigenvalue weighted by atomic mass is 16.3. The van der Waals surface area contributed by atoms with E-state index in [0.717, 1.165) is 13.1 Å². The third-order valence-electron chi connectivity index (χ3n) is 2.53. The maximum Gasteiger partial charge on any atom is 0.0689 e. The first-order valence-corrected chi connectivity index (χ1v) is 5.66. The van der Waals surface area contributed by atoms with Crippen LogP contribution in [-0.4, -0.2) is 45.9 Å². The summed E-state index contributed by atoms with van der Waals surface area (Å²) >= 11 is 0. The van der Waals surface area contributed by atoms with E-state index in [1.807, 2.05) is 12.1 Å². The molecule has 1 aromatic heterocycles. The molecule has 0 spiro atoms. The van der Waals surface area contributed by atoms with Crippen molar-refractivity contribution in [3.8, 4) is 0 Å². The van der Waals surface area contributed by atoms with Gasteiger partial charge >= 0.3 is 0 Å². The summed E-state index contributed by atoms with van der Waals surface area (Å²) in [5, 5.41) is 18.3. The molecule has 0 radical (unpaired) electrons. The van der Waals surface area contributed by atoms with Gasteiger partial charge in [0, 0.05) is 32.1 Å². The first-order chi connectivity index (χ1) is 7.76. The Kier molecular flexibility index (Phi) is 6.00. The predicted molar refractivity (Wildman–Crippen MR) is 62.9 cm³/mol. The van der Waals surface area contributed by atoms with Gasteiger partial charge in [0.25, 0.3) is 0 Å². The van der Waals surface area contributed by atoms with Crippen LogP contribution in [0.3, 0.4) is 0 Å². The zero-order valence-corrected chi connectivity index (χ0v) is 9.71. The maximum absolute atomic E-state index is 9.61. The molecule has 1 atom stereocenters. The molecule has 0 aliphatic rings. The lowest BCUT2D eigenvalue weighted by molar-refractivity contribution is 0.0868. The summed E-state index contributed by atoms with van der Waals surface area (Å²) in [7, 11) is 0. The summed E-state index contributed by atoms with van der Waals surface area (Å²) in [4.78, 5) is 6.12. The van der Waals surface area contributed by atoms with Crippen molar-refractivity contribution in [2.75, 3.05) is 19.7 Å². The Hall–Kier alpha value is -0.970. The number of nitrogens with zero attached hydrogens (tertiary/aromatic N) is 2. The van der Waals surface area contributed by atoms with Crippen molar-refractivity contribution in [1.29, 1.82) is 0 Å². The fourth-order valence-electron chi connectivity index (χ4n) is 1.59. The van der Waals surface area contributed by atoms with Crippen LogP contribution < -0.4 is 0 Å². The molecular formula is C12H20N2O2. The van der Waals surface area contributed by atoms with E-state index >= 15 is 0 Å². The minimum absolute atomic E-state index is 0.0357. The van der Waals surface area contributed by atoms with Crippen LogP contribution >= 0.6 is 0 Å². The van der Waals surface area contributed by atoms with Crippen molar-refractivity contribution in [2.45, 2.75) is 26.0 Å². The number of pyridine rings is 1. The van der Waals surface area contributed by atoms with Crippen molar-refractivity contribution >= 4 is 0 Å². The Morgan fingerprint density at radius 1 is 1.38 bits per heavy atom. The molecule has 4 heteroatoms. The number of hydrogen-bond acceptors (Lipinski definition) is 4. The van der Waals surface area contributed by atoms with Crippen LogP contribution in [0.4, 0.5) is 0 Å². The normalized spacial score (nSPS) is 13.0. The minimum atomic E-state index is -0.452. The second-order valence-electron chi connectivity index (χ2n) is 3.85. The van der Waals surface area contributed by atoms with Gasteiger partial charge in [0.15, 0.2) is 0 Å². The van der Waals surface area contributed by atoms with Gasteiger partial charge in [-0.05, 0) is 30.7 Å². The minimum Gasteiger partial charge on any atom is -0.396 e. The SMILES string of the molecule is CCN(Cc1ccncc1)CC(O)CCO. The number of likely N-dealkylation sites (N-methyl/N-ethyl adjacent to an activating group) is 1. The molecule has 2 N–H and O–H groups in total. The summed E-state index contributed by atoms with van der Waals surface area (Å²) in [6.45, 7) is 4.38. The van der Waals surface area contributed by atoms with Gasteiger partial charge < -0.3 is 10.2 Å². The molecular weight excluding hydrogens is 204 g/mol. The Bertz CT molecular complexity index is 280. The van der Waals surface area contributed by atoms with Gasteiger partial charge in [-0.2, -0.15) is 0 Å². The molecule has 0 fully saturated rings. The fourth-order valence-corrected chi connectivity index (χ4v) is 1.59. The number of hydrogen-bond donors (Lipinski definition) is 2. The van der Waals surface area contributed by atoms with Gasteiger partial charge in [0.2, 0.25) is 0 Å². The summed E-state index contributed by atoms with van der Waals surface area (Å²) in [6.07, 6.45) is 3.53. The highest BCUT2D eigenvalue weighted by Gasteiger charge is 2.10. The van der Waals surface area contributed by atoms with Crippen molar-refractivity contribution in [3.05, 3.63) is 30.1 Å². The summed E-state index contributed by atoms with van der Waals surface area (Å²) in [5.41, 5.74) is 1.19. The van der Waals surface area contributed by atoms with E-state index < -0.39 is 6.10 Å². The second-order valence-corrected chi connectivity index (χ2v) is 3.85. The van der Waals surface area contributed by atoms with Crippen LogP contribution in [-0.2, 0) is 6.54 Å². The summed E-state index contributed by atoms with van der Waals surface area (Å²) < 4.78 is 0. The molecule has 1 rings (SSSR count). The molecule has 16 heavy (non-hydrogen) atoms. The first kappa shape index (κ1) is 13.1. The van der Waals surface area contributed by atoms with Crippen molar-refractivity contribution < 1.29 is 10.2 Å². The van der Waals surface area contributed by atoms with E-state index in [0.29, 0.717) is 13.0 Å². The number of rotatable bonds is 7. The maximum atomic E-state index is 9.61. The monoisotopic (exact) mass is 224 g/mol. The number of aliphatic hydroxyl groups is 2. The van der Waals surface area contributed by atoms with Crippen LogP contribution in [0.1, 0.15) is 18.9 Å². The molecule has 4 nitrogen and oxygen atoms in total. The van der Waals surface area contributed by atoms with E-state index in [1.54, 1.807) is 12.4 Å². The standard InChI is InChI=1S/C12H20N2O2/c1-2-14(10-12(16)5-8-15)9-11-3-6-13-7-4-11/h3-4,6-7,12,15-16H,2,5,8-10H2,1H3. The third kappa shape index (κ3) is 4.70. The van der Waals surface area contributed by atoms with Gasteiger partial charge in [-0.3, -0.25) is 9.88 Å². The average Bonchev–Trinajstić information content (AvgIpc) is 2.30. The predicted octanol–water partition coefficient (Wildman–Crippen LogP) is 0.647. The number of aliphatic hydroxyl groups excluding tert-OH is 2. The average molecular weight is 224 g/mol. The van der Waals surface area contributed by atoms with E-state index in [1.165, 1.54) is 5.56 Å². The van der Waals surface area contributed by atoms with Gasteiger partial charge in [-0.25, -0.2) is 0 Å². The van der Waals surface area contributed by atoms with E-state index in [2.05, 4.69) is 16.8 Å². The molecule has 0 saturated heterocycles. The van der Waals surface area contributed by atoms with Crippen molar-refractivity contribution in [3.63, 3.8) is 0 Å². The van der Waals surface area contributed by atoms with Crippen LogP contribution in [0.25, 0.3) is 0 Å². The molecule has 0 amide bonds. The highest BCUT2D eigenvalue weighted by molar-refractivity contribution is 5.09. The number of aromatic nitrogens is 1. The highest BCUT2D eigenvalue weighted by Crippen LogP contribution is 2.04. The molecule has 0 aliphatic heterocycles. The first-order valence-electron chi connectivity index (χ1n) is 5.66. The topological polar surface area (TPSA) is 56.6 Å². The summed E-state index contributed by atoms with van der Waals surface area (Å²) in [5.74, 6) is 0. The fraction of sp³-hybridized carbons (Fsp3) is 0.583. The molecule has 1 aromatic rings. The Morgan fingerprint density at radius 3 is 2.62 bits per heavy atom. The zero-order valence-electron chi connectivity index (χ0n) is 9.71. The molecule has 1 heterocycles. The van der Waals surface area contributed by atoms with Gasteiger partial charge in [0.1, 0.15) is 0 Å². The smallest absolute Gasteiger partial charge is 0.0689 e. The van der Waals surface area contributed by atoms with Crippen LogP contribution in [0.15, 0.2) is 24.5 Å². The second kappa shape index (κ2) is 7.33. The van der Waals surface area contributed by atoms with E-state index in [4.69, 9.17) is 5.11 Å². The zero-order chi connectivity index (χ0) is 11.8. The van der Waals surface area contributed by atoms with Gasteiger partial charge in [-0.15, -0.1) is 0 Å². The lowest BCUT2D eigenvalue weighted by atomic mass is 10.2. The molecule has 90 valence electrons. The van der Waals surface area contributed by atoms with Gasteiger partial charge in [-0.1, -0.05) is 6.92 Å². The van der Waals surface area contributed by atoms with Crippen LogP contribution in [0, 0.1) is 0 Å². The van der Waals surface area contributed by atoms with E-state index in [-0.39, 0.29) is 6.61 Å². The molecule has 0 aliphatic carbocycles. The third-order valence-corrected chi connectivity index (χ3v) is 2.53. The molecule has 0 bridgehead atoms. The van der Waals surface area contributed by atoms with Crippen molar-refractivity contribution in [1.82, 2.24) is 9.88 Å². The Labute approximate surface area is 96.6 Å². The molecule has 0 saturated carbocycles. The van der Waals surface area contributed by atoms with E-state index in [9.17, 15) is 5.11 Å². The largest absolute Gasteiger partial charge is 0.396 e. The lowest BCUT2D eigenvalue weighted by Crippen LogP contribution is -2.32. The van der Waals surface area contributed by atoms with Crippen molar-refractivity contribution in [2.24, 2.45) is 0 Å². The lowest BCUT2D eigenvalue weighted by Gasteiger charge is -2.23. The summed E-state index contributed by atoms with van der Waals surface area (Å²) in [6, 6.07) is 3.95. The van der Waals surface area contributed by atoms with Crippen LogP contribution in [0.5, 0.6) is 0 Å². The van der Waals surface area contributed by atoms with Crippen LogP contribution in [0.2, 0.25) is 0 Å². The Balaban J connectivity index is 2.43. The quantitative estimate of drug-likeness (QED) is 0.714. The molecule has 1 unspecified atom stereocenters. The van der Waals surface area contributed by atoms with Gasteiger partial charge in [0.05, 0.1) is 6.10 Å². The Morgan fingerprint density at radius 2 is 2.06 bits per heavy atom. The molecule has 0 aromatic carbocycles.